The van der Waals surface area contributed by atoms with Gasteiger partial charge in [0.2, 0.25) is 0 Å². The first-order chi connectivity index (χ1) is 5.93. The molecule has 0 bridgehead atoms. The molecule has 1 aliphatic heterocycles. The van der Waals surface area contributed by atoms with Crippen LogP contribution in [0, 0.1) is 0 Å². The number of aromatic amines is 1. The SMILES string of the molecule is c1cc2ccc([C@H]3CO3)cc2[nH]1. The molecular weight excluding hydrogens is 150 g/mol. The largest absolute Gasteiger partial charge is 0.368 e. The van der Waals surface area contributed by atoms with Gasteiger partial charge in [0.1, 0.15) is 6.10 Å². The molecule has 2 nitrogen and oxygen atoms in total. The minimum absolute atomic E-state index is 0.359. The summed E-state index contributed by atoms with van der Waals surface area (Å²) in [4.78, 5) is 3.19. The molecule has 0 amide bonds. The monoisotopic (exact) mass is 159 g/mol. The first-order valence-electron chi connectivity index (χ1n) is 4.12. The van der Waals surface area contributed by atoms with E-state index in [0.717, 1.165) is 6.61 Å². The van der Waals surface area contributed by atoms with Crippen LogP contribution in [0.3, 0.4) is 0 Å². The quantitative estimate of drug-likeness (QED) is 0.635. The summed E-state index contributed by atoms with van der Waals surface area (Å²) in [6.45, 7) is 0.881. The maximum absolute atomic E-state index is 5.21. The molecule has 1 fully saturated rings. The fourth-order valence-corrected chi connectivity index (χ4v) is 1.51. The van der Waals surface area contributed by atoms with Gasteiger partial charge < -0.3 is 9.72 Å². The Morgan fingerprint density at radius 3 is 3.08 bits per heavy atom. The summed E-state index contributed by atoms with van der Waals surface area (Å²) in [6.07, 6.45) is 2.32. The zero-order chi connectivity index (χ0) is 7.97. The summed E-state index contributed by atoms with van der Waals surface area (Å²) >= 11 is 0. The van der Waals surface area contributed by atoms with Crippen molar-refractivity contribution < 1.29 is 4.74 Å². The van der Waals surface area contributed by atoms with E-state index in [1.54, 1.807) is 0 Å². The molecule has 3 rings (SSSR count). The van der Waals surface area contributed by atoms with Gasteiger partial charge in [0.25, 0.3) is 0 Å². The summed E-state index contributed by atoms with van der Waals surface area (Å²) in [6, 6.07) is 8.50. The molecular formula is C10H9NO. The van der Waals surface area contributed by atoms with Gasteiger partial charge >= 0.3 is 0 Å². The average Bonchev–Trinajstić information content (AvgIpc) is 2.84. The highest BCUT2D eigenvalue weighted by molar-refractivity contribution is 5.80. The average molecular weight is 159 g/mol. The van der Waals surface area contributed by atoms with Crippen LogP contribution in [-0.4, -0.2) is 11.6 Å². The molecule has 0 saturated carbocycles. The van der Waals surface area contributed by atoms with Crippen LogP contribution in [0.15, 0.2) is 30.5 Å². The fourth-order valence-electron chi connectivity index (χ4n) is 1.51. The highest BCUT2D eigenvalue weighted by atomic mass is 16.6. The first-order valence-corrected chi connectivity index (χ1v) is 4.12. The van der Waals surface area contributed by atoms with Crippen molar-refractivity contribution in [3.63, 3.8) is 0 Å². The van der Waals surface area contributed by atoms with E-state index in [-0.39, 0.29) is 0 Å². The summed E-state index contributed by atoms with van der Waals surface area (Å²) in [5.41, 5.74) is 2.48. The van der Waals surface area contributed by atoms with Crippen LogP contribution in [0.4, 0.5) is 0 Å². The van der Waals surface area contributed by atoms with Gasteiger partial charge in [0.05, 0.1) is 6.61 Å². The summed E-state index contributed by atoms with van der Waals surface area (Å²) in [5, 5.41) is 1.26. The topological polar surface area (TPSA) is 28.3 Å². The molecule has 1 aromatic heterocycles. The highest BCUT2D eigenvalue weighted by Crippen LogP contribution is 2.31. The Morgan fingerprint density at radius 2 is 2.25 bits per heavy atom. The molecule has 2 aromatic rings. The Bertz CT molecular complexity index is 414. The highest BCUT2D eigenvalue weighted by Gasteiger charge is 2.24. The second kappa shape index (κ2) is 2.11. The van der Waals surface area contributed by atoms with Gasteiger partial charge in [-0.3, -0.25) is 0 Å². The van der Waals surface area contributed by atoms with Gasteiger partial charge in [0, 0.05) is 11.7 Å². The second-order valence-electron chi connectivity index (χ2n) is 3.15. The molecule has 0 radical (unpaired) electrons. The molecule has 12 heavy (non-hydrogen) atoms. The number of benzene rings is 1. The van der Waals surface area contributed by atoms with Crippen LogP contribution >= 0.6 is 0 Å². The van der Waals surface area contributed by atoms with E-state index < -0.39 is 0 Å². The van der Waals surface area contributed by atoms with Crippen molar-refractivity contribution in [2.24, 2.45) is 0 Å². The third-order valence-corrected chi connectivity index (χ3v) is 2.28. The lowest BCUT2D eigenvalue weighted by molar-refractivity contribution is 0.416. The summed E-state index contributed by atoms with van der Waals surface area (Å²) in [7, 11) is 0. The number of epoxide rings is 1. The fraction of sp³-hybridized carbons (Fsp3) is 0.200. The smallest absolute Gasteiger partial charge is 0.106 e. The van der Waals surface area contributed by atoms with E-state index in [1.807, 2.05) is 6.20 Å². The molecule has 1 aromatic carbocycles. The van der Waals surface area contributed by atoms with Crippen molar-refractivity contribution in [1.82, 2.24) is 4.98 Å². The molecule has 1 atom stereocenters. The molecule has 0 spiro atoms. The summed E-state index contributed by atoms with van der Waals surface area (Å²) in [5.74, 6) is 0. The third kappa shape index (κ3) is 0.850. The van der Waals surface area contributed by atoms with Crippen LogP contribution in [0.1, 0.15) is 11.7 Å². The molecule has 0 aliphatic carbocycles. The number of hydrogen-bond acceptors (Lipinski definition) is 1. The lowest BCUT2D eigenvalue weighted by atomic mass is 10.1. The summed E-state index contributed by atoms with van der Waals surface area (Å²) < 4.78 is 5.21. The number of fused-ring (bicyclic) bond motifs is 1. The van der Waals surface area contributed by atoms with Gasteiger partial charge in [-0.2, -0.15) is 0 Å². The maximum atomic E-state index is 5.21. The van der Waals surface area contributed by atoms with Crippen LogP contribution in [-0.2, 0) is 4.74 Å². The van der Waals surface area contributed by atoms with E-state index in [2.05, 4.69) is 29.2 Å². The lowest BCUT2D eigenvalue weighted by Gasteiger charge is -1.94. The second-order valence-corrected chi connectivity index (χ2v) is 3.15. The van der Waals surface area contributed by atoms with Crippen LogP contribution in [0.5, 0.6) is 0 Å². The predicted molar refractivity (Wildman–Crippen MR) is 47.0 cm³/mol. The van der Waals surface area contributed by atoms with Gasteiger partial charge in [-0.15, -0.1) is 0 Å². The number of nitrogens with one attached hydrogen (secondary N) is 1. The first kappa shape index (κ1) is 6.26. The minimum atomic E-state index is 0.359. The van der Waals surface area contributed by atoms with Crippen molar-refractivity contribution in [3.05, 3.63) is 36.0 Å². The van der Waals surface area contributed by atoms with Gasteiger partial charge in [-0.25, -0.2) is 0 Å². The van der Waals surface area contributed by atoms with E-state index in [9.17, 15) is 0 Å². The maximum Gasteiger partial charge on any atom is 0.106 e. The molecule has 0 unspecified atom stereocenters. The molecule has 1 N–H and O–H groups in total. The number of ether oxygens (including phenoxy) is 1. The number of aromatic nitrogens is 1. The number of rotatable bonds is 1. The number of H-pyrrole nitrogens is 1. The van der Waals surface area contributed by atoms with Crippen LogP contribution in [0.25, 0.3) is 10.9 Å². The molecule has 60 valence electrons. The van der Waals surface area contributed by atoms with Crippen LogP contribution < -0.4 is 0 Å². The minimum Gasteiger partial charge on any atom is -0.368 e. The van der Waals surface area contributed by atoms with Gasteiger partial charge in [0.15, 0.2) is 0 Å². The molecule has 1 aliphatic rings. The lowest BCUT2D eigenvalue weighted by Crippen LogP contribution is -1.79. The third-order valence-electron chi connectivity index (χ3n) is 2.28. The van der Waals surface area contributed by atoms with Crippen molar-refractivity contribution in [3.8, 4) is 0 Å². The van der Waals surface area contributed by atoms with E-state index in [1.165, 1.54) is 16.5 Å². The molecule has 2 heteroatoms. The Morgan fingerprint density at radius 1 is 1.33 bits per heavy atom. The zero-order valence-corrected chi connectivity index (χ0v) is 6.58. The molecule has 1 saturated heterocycles. The normalized spacial score (nSPS) is 21.5. The Kier molecular flexibility index (Phi) is 1.10. The van der Waals surface area contributed by atoms with E-state index in [0.29, 0.717) is 6.10 Å². The molecule has 2 heterocycles. The Labute approximate surface area is 70.2 Å². The standard InChI is InChI=1S/C10H9NO/c1-2-8(10-6-12-10)5-9-7(1)3-4-11-9/h1-5,10-11H,6H2/t10-/m1/s1. The van der Waals surface area contributed by atoms with Gasteiger partial charge in [-0.05, 0) is 23.1 Å². The van der Waals surface area contributed by atoms with Crippen molar-refractivity contribution >= 4 is 10.9 Å². The predicted octanol–water partition coefficient (Wildman–Crippen LogP) is 2.24. The zero-order valence-electron chi connectivity index (χ0n) is 6.58. The van der Waals surface area contributed by atoms with Crippen molar-refractivity contribution in [2.75, 3.05) is 6.61 Å². The number of hydrogen-bond donors (Lipinski definition) is 1. The van der Waals surface area contributed by atoms with Crippen molar-refractivity contribution in [2.45, 2.75) is 6.10 Å². The Balaban J connectivity index is 2.21. The van der Waals surface area contributed by atoms with Gasteiger partial charge in [-0.1, -0.05) is 12.1 Å². The van der Waals surface area contributed by atoms with Crippen LogP contribution in [0.2, 0.25) is 0 Å². The Hall–Kier alpha value is -1.28. The van der Waals surface area contributed by atoms with E-state index in [4.69, 9.17) is 4.74 Å². The van der Waals surface area contributed by atoms with Crippen molar-refractivity contribution in [1.29, 1.82) is 0 Å². The van der Waals surface area contributed by atoms with E-state index >= 15 is 0 Å².